The third-order valence-electron chi connectivity index (χ3n) is 3.77. The summed E-state index contributed by atoms with van der Waals surface area (Å²) in [6, 6.07) is 11.9. The molecule has 0 saturated carbocycles. The Kier molecular flexibility index (Phi) is 4.57. The third-order valence-corrected chi connectivity index (χ3v) is 4.67. The second kappa shape index (κ2) is 6.79. The predicted octanol–water partition coefficient (Wildman–Crippen LogP) is 4.59. The predicted molar refractivity (Wildman–Crippen MR) is 92.7 cm³/mol. The minimum Gasteiger partial charge on any atom is -0.361 e. The van der Waals surface area contributed by atoms with Gasteiger partial charge in [-0.05, 0) is 37.8 Å². The van der Waals surface area contributed by atoms with E-state index in [0.717, 1.165) is 33.1 Å². The van der Waals surface area contributed by atoms with E-state index in [1.54, 1.807) is 11.3 Å². The number of rotatable bonds is 5. The monoisotopic (exact) mass is 326 g/mol. The molecule has 0 radical (unpaired) electrons. The van der Waals surface area contributed by atoms with Gasteiger partial charge in [-0.3, -0.25) is 4.79 Å². The number of benzene rings is 1. The minimum absolute atomic E-state index is 0.00555. The van der Waals surface area contributed by atoms with Crippen molar-refractivity contribution in [2.24, 2.45) is 0 Å². The van der Waals surface area contributed by atoms with Crippen molar-refractivity contribution >= 4 is 22.9 Å². The molecule has 0 bridgehead atoms. The number of amides is 1. The standard InChI is InChI=1S/C18H18N2O2S/c1-12-14(13(2)22-20-12)9-10-18(21)19-16-7-4-3-6-15(16)17-8-5-11-23-17/h3-8,11H,9-10H2,1-2H3,(H,19,21). The van der Waals surface area contributed by atoms with Gasteiger partial charge in [-0.15, -0.1) is 11.3 Å². The topological polar surface area (TPSA) is 55.1 Å². The molecular formula is C18H18N2O2S. The van der Waals surface area contributed by atoms with Crippen molar-refractivity contribution in [2.45, 2.75) is 26.7 Å². The largest absolute Gasteiger partial charge is 0.361 e. The summed E-state index contributed by atoms with van der Waals surface area (Å²) in [5, 5.41) is 8.97. The van der Waals surface area contributed by atoms with Crippen LogP contribution in [0.5, 0.6) is 0 Å². The second-order valence-corrected chi connectivity index (χ2v) is 6.32. The van der Waals surface area contributed by atoms with Gasteiger partial charge in [-0.2, -0.15) is 0 Å². The summed E-state index contributed by atoms with van der Waals surface area (Å²) in [6.45, 7) is 3.77. The highest BCUT2D eigenvalue weighted by molar-refractivity contribution is 7.13. The number of thiophene rings is 1. The number of aryl methyl sites for hydroxylation is 2. The lowest BCUT2D eigenvalue weighted by Gasteiger charge is -2.10. The van der Waals surface area contributed by atoms with Gasteiger partial charge < -0.3 is 9.84 Å². The van der Waals surface area contributed by atoms with Crippen LogP contribution >= 0.6 is 11.3 Å². The third kappa shape index (κ3) is 3.51. The van der Waals surface area contributed by atoms with Gasteiger partial charge in [0.2, 0.25) is 5.91 Å². The Morgan fingerprint density at radius 2 is 2.04 bits per heavy atom. The molecule has 0 fully saturated rings. The minimum atomic E-state index is -0.00555. The lowest BCUT2D eigenvalue weighted by molar-refractivity contribution is -0.116. The van der Waals surface area contributed by atoms with Gasteiger partial charge in [0.25, 0.3) is 0 Å². The molecular weight excluding hydrogens is 308 g/mol. The van der Waals surface area contributed by atoms with Crippen LogP contribution in [0.2, 0.25) is 0 Å². The first-order valence-corrected chi connectivity index (χ1v) is 8.37. The maximum absolute atomic E-state index is 12.3. The first kappa shape index (κ1) is 15.5. The number of nitrogens with zero attached hydrogens (tertiary/aromatic N) is 1. The van der Waals surface area contributed by atoms with Crippen LogP contribution in [0.15, 0.2) is 46.3 Å². The zero-order valence-corrected chi connectivity index (χ0v) is 13.9. The molecule has 5 heteroatoms. The lowest BCUT2D eigenvalue weighted by atomic mass is 10.1. The van der Waals surface area contributed by atoms with Crippen LogP contribution in [0, 0.1) is 13.8 Å². The summed E-state index contributed by atoms with van der Waals surface area (Å²) < 4.78 is 5.13. The van der Waals surface area contributed by atoms with Gasteiger partial charge >= 0.3 is 0 Å². The fourth-order valence-electron chi connectivity index (χ4n) is 2.55. The van der Waals surface area contributed by atoms with Crippen molar-refractivity contribution in [3.8, 4) is 10.4 Å². The Bertz CT molecular complexity index is 787. The van der Waals surface area contributed by atoms with Crippen molar-refractivity contribution in [1.29, 1.82) is 0 Å². The van der Waals surface area contributed by atoms with Gasteiger partial charge in [-0.25, -0.2) is 0 Å². The average molecular weight is 326 g/mol. The van der Waals surface area contributed by atoms with Crippen molar-refractivity contribution in [3.63, 3.8) is 0 Å². The van der Waals surface area contributed by atoms with Crippen LogP contribution in [0.4, 0.5) is 5.69 Å². The van der Waals surface area contributed by atoms with Crippen LogP contribution in [0.1, 0.15) is 23.4 Å². The molecule has 0 atom stereocenters. The quantitative estimate of drug-likeness (QED) is 0.746. The van der Waals surface area contributed by atoms with Crippen LogP contribution in [-0.4, -0.2) is 11.1 Å². The molecule has 2 aromatic heterocycles. The summed E-state index contributed by atoms with van der Waals surface area (Å²) in [6.07, 6.45) is 1.04. The van der Waals surface area contributed by atoms with E-state index in [4.69, 9.17) is 4.52 Å². The summed E-state index contributed by atoms with van der Waals surface area (Å²) >= 11 is 1.66. The Labute approximate surface area is 139 Å². The van der Waals surface area contributed by atoms with E-state index in [2.05, 4.69) is 16.5 Å². The van der Waals surface area contributed by atoms with E-state index in [-0.39, 0.29) is 5.91 Å². The highest BCUT2D eigenvalue weighted by atomic mass is 32.1. The Hall–Kier alpha value is -2.40. The highest BCUT2D eigenvalue weighted by Crippen LogP contribution is 2.31. The molecule has 118 valence electrons. The molecule has 3 rings (SSSR count). The lowest BCUT2D eigenvalue weighted by Crippen LogP contribution is -2.13. The number of anilines is 1. The zero-order chi connectivity index (χ0) is 16.2. The number of hydrogen-bond donors (Lipinski definition) is 1. The molecule has 0 spiro atoms. The fraction of sp³-hybridized carbons (Fsp3) is 0.222. The molecule has 0 aliphatic rings. The molecule has 1 N–H and O–H groups in total. The number of carbonyl (C=O) groups excluding carboxylic acids is 1. The maximum atomic E-state index is 12.3. The van der Waals surface area contributed by atoms with Crippen molar-refractivity contribution in [1.82, 2.24) is 5.16 Å². The van der Waals surface area contributed by atoms with Gasteiger partial charge in [-0.1, -0.05) is 29.4 Å². The molecule has 0 aliphatic heterocycles. The normalized spacial score (nSPS) is 10.7. The van der Waals surface area contributed by atoms with Gasteiger partial charge in [0.05, 0.1) is 5.69 Å². The van der Waals surface area contributed by atoms with E-state index in [1.807, 2.05) is 49.6 Å². The Morgan fingerprint density at radius 3 is 2.74 bits per heavy atom. The summed E-state index contributed by atoms with van der Waals surface area (Å²) in [5.74, 6) is 0.781. The second-order valence-electron chi connectivity index (χ2n) is 5.37. The van der Waals surface area contributed by atoms with E-state index in [1.165, 1.54) is 0 Å². The van der Waals surface area contributed by atoms with Gasteiger partial charge in [0.15, 0.2) is 0 Å². The van der Waals surface area contributed by atoms with Crippen LogP contribution in [-0.2, 0) is 11.2 Å². The van der Waals surface area contributed by atoms with Crippen LogP contribution in [0.3, 0.4) is 0 Å². The number of hydrogen-bond acceptors (Lipinski definition) is 4. The molecule has 3 aromatic rings. The van der Waals surface area contributed by atoms with E-state index >= 15 is 0 Å². The molecule has 1 aromatic carbocycles. The smallest absolute Gasteiger partial charge is 0.224 e. The highest BCUT2D eigenvalue weighted by Gasteiger charge is 2.13. The summed E-state index contributed by atoms with van der Waals surface area (Å²) in [4.78, 5) is 13.4. The number of aromatic nitrogens is 1. The van der Waals surface area contributed by atoms with Crippen molar-refractivity contribution in [2.75, 3.05) is 5.32 Å². The molecule has 4 nitrogen and oxygen atoms in total. The first-order valence-electron chi connectivity index (χ1n) is 7.49. The van der Waals surface area contributed by atoms with Crippen molar-refractivity contribution in [3.05, 3.63) is 58.8 Å². The number of nitrogens with one attached hydrogen (secondary N) is 1. The Morgan fingerprint density at radius 1 is 1.22 bits per heavy atom. The van der Waals surface area contributed by atoms with E-state index < -0.39 is 0 Å². The van der Waals surface area contributed by atoms with Crippen molar-refractivity contribution < 1.29 is 9.32 Å². The maximum Gasteiger partial charge on any atom is 0.224 e. The summed E-state index contributed by atoms with van der Waals surface area (Å²) in [7, 11) is 0. The average Bonchev–Trinajstić information content (AvgIpc) is 3.17. The van der Waals surface area contributed by atoms with Crippen LogP contribution in [0.25, 0.3) is 10.4 Å². The molecule has 0 unspecified atom stereocenters. The molecule has 23 heavy (non-hydrogen) atoms. The Balaban J connectivity index is 1.69. The van der Waals surface area contributed by atoms with Crippen LogP contribution < -0.4 is 5.32 Å². The van der Waals surface area contributed by atoms with E-state index in [9.17, 15) is 4.79 Å². The van der Waals surface area contributed by atoms with E-state index in [0.29, 0.717) is 12.8 Å². The zero-order valence-electron chi connectivity index (χ0n) is 13.1. The number of carbonyl (C=O) groups is 1. The molecule has 1 amide bonds. The molecule has 2 heterocycles. The number of para-hydroxylation sites is 1. The molecule has 0 saturated heterocycles. The first-order chi connectivity index (χ1) is 11.1. The molecule has 0 aliphatic carbocycles. The SMILES string of the molecule is Cc1noc(C)c1CCC(=O)Nc1ccccc1-c1cccs1. The van der Waals surface area contributed by atoms with Gasteiger partial charge in [0.1, 0.15) is 5.76 Å². The van der Waals surface area contributed by atoms with Gasteiger partial charge in [0, 0.05) is 28.1 Å². The fourth-order valence-corrected chi connectivity index (χ4v) is 3.31. The summed E-state index contributed by atoms with van der Waals surface area (Å²) in [5.41, 5.74) is 3.77.